The Hall–Kier alpha value is -0.610. The summed E-state index contributed by atoms with van der Waals surface area (Å²) in [5, 5.41) is 16.8. The molecule has 0 radical (unpaired) electrons. The first-order valence-electron chi connectivity index (χ1n) is 13.7. The van der Waals surface area contributed by atoms with E-state index in [1.54, 1.807) is 7.11 Å². The predicted molar refractivity (Wildman–Crippen MR) is 136 cm³/mol. The van der Waals surface area contributed by atoms with Crippen LogP contribution in [0.1, 0.15) is 135 Å². The van der Waals surface area contributed by atoms with Crippen LogP contribution in [0.25, 0.3) is 0 Å². The van der Waals surface area contributed by atoms with Gasteiger partial charge >= 0.3 is 0 Å². The Kier molecular flexibility index (Phi) is 25.1. The van der Waals surface area contributed by atoms with Crippen LogP contribution in [0.3, 0.4) is 0 Å². The Balaban J connectivity index is 3.43. The molecule has 2 N–H and O–H groups in total. The number of aliphatic hydroxyl groups is 1. The lowest BCUT2D eigenvalue weighted by Gasteiger charge is -2.21. The molecule has 0 aliphatic carbocycles. The summed E-state index contributed by atoms with van der Waals surface area (Å²) >= 11 is 0. The minimum absolute atomic E-state index is 0.293. The summed E-state index contributed by atoms with van der Waals surface area (Å²) in [6.45, 7) is 5.74. The van der Waals surface area contributed by atoms with Crippen LogP contribution in [0.2, 0.25) is 0 Å². The van der Waals surface area contributed by atoms with E-state index in [1.807, 2.05) is 0 Å². The molecule has 0 saturated carbocycles. The zero-order chi connectivity index (χ0) is 22.8. The number of hydrogen-bond donors (Lipinski definition) is 2. The second-order valence-corrected chi connectivity index (χ2v) is 9.31. The van der Waals surface area contributed by atoms with Crippen LogP contribution in [-0.4, -0.2) is 49.3 Å². The summed E-state index contributed by atoms with van der Waals surface area (Å²) in [7, 11) is 1.59. The molecule has 31 heavy (non-hydrogen) atoms. The van der Waals surface area contributed by atoms with E-state index in [0.29, 0.717) is 12.5 Å². The molecule has 0 atom stereocenters. The van der Waals surface area contributed by atoms with Gasteiger partial charge in [0.05, 0.1) is 13.7 Å². The molecule has 0 saturated heterocycles. The van der Waals surface area contributed by atoms with Crippen LogP contribution in [0.15, 0.2) is 0 Å². The van der Waals surface area contributed by atoms with E-state index >= 15 is 0 Å². The van der Waals surface area contributed by atoms with Crippen molar-refractivity contribution in [2.45, 2.75) is 135 Å². The molecular weight excluding hydrogens is 384 g/mol. The molecule has 0 aliphatic rings. The van der Waals surface area contributed by atoms with Crippen molar-refractivity contribution in [1.29, 1.82) is 5.41 Å². The summed E-state index contributed by atoms with van der Waals surface area (Å²) in [5.74, 6) is 0.420. The van der Waals surface area contributed by atoms with Gasteiger partial charge < -0.3 is 14.7 Å². The van der Waals surface area contributed by atoms with E-state index < -0.39 is 0 Å². The zero-order valence-electron chi connectivity index (χ0n) is 21.3. The molecular formula is C27H56N2O2. The molecule has 4 heteroatoms. The number of unbranched alkanes of at least 4 members (excludes halogenated alkanes) is 17. The Morgan fingerprint density at radius 3 is 1.39 bits per heavy atom. The van der Waals surface area contributed by atoms with Crippen molar-refractivity contribution in [3.63, 3.8) is 0 Å². The smallest absolute Gasteiger partial charge is 0.180 e. The van der Waals surface area contributed by atoms with Crippen molar-refractivity contribution in [2.75, 3.05) is 33.4 Å². The molecule has 0 bridgehead atoms. The zero-order valence-corrected chi connectivity index (χ0v) is 21.3. The Morgan fingerprint density at radius 2 is 1.00 bits per heavy atom. The van der Waals surface area contributed by atoms with Gasteiger partial charge in [-0.25, -0.2) is 0 Å². The van der Waals surface area contributed by atoms with Gasteiger partial charge in [-0.1, -0.05) is 110 Å². The average Bonchev–Trinajstić information content (AvgIpc) is 2.78. The second-order valence-electron chi connectivity index (χ2n) is 9.31. The van der Waals surface area contributed by atoms with Crippen LogP contribution in [0.5, 0.6) is 0 Å². The average molecular weight is 441 g/mol. The highest BCUT2D eigenvalue weighted by Gasteiger charge is 2.04. The third-order valence-corrected chi connectivity index (χ3v) is 6.37. The molecule has 0 aliphatic heterocycles. The number of hydrogen-bond acceptors (Lipinski definition) is 4. The third kappa shape index (κ3) is 23.9. The molecule has 0 aromatic heterocycles. The van der Waals surface area contributed by atoms with Gasteiger partial charge in [-0.15, -0.1) is 0 Å². The van der Waals surface area contributed by atoms with Crippen molar-refractivity contribution >= 4 is 5.90 Å². The molecule has 186 valence electrons. The minimum atomic E-state index is 0.293. The van der Waals surface area contributed by atoms with Crippen LogP contribution >= 0.6 is 0 Å². The van der Waals surface area contributed by atoms with Gasteiger partial charge in [-0.3, -0.25) is 5.41 Å². The van der Waals surface area contributed by atoms with Gasteiger partial charge in [0, 0.05) is 13.0 Å². The van der Waals surface area contributed by atoms with Crippen molar-refractivity contribution in [3.05, 3.63) is 0 Å². The van der Waals surface area contributed by atoms with Gasteiger partial charge in [0.15, 0.2) is 5.90 Å². The molecule has 4 nitrogen and oxygen atoms in total. The van der Waals surface area contributed by atoms with Crippen molar-refractivity contribution in [2.24, 2.45) is 0 Å². The first-order valence-corrected chi connectivity index (χ1v) is 13.7. The monoisotopic (exact) mass is 440 g/mol. The minimum Gasteiger partial charge on any atom is -0.484 e. The number of methoxy groups -OCH3 is 1. The maximum Gasteiger partial charge on any atom is 0.180 e. The van der Waals surface area contributed by atoms with Gasteiger partial charge in [-0.2, -0.15) is 0 Å². The van der Waals surface area contributed by atoms with E-state index in [0.717, 1.165) is 32.5 Å². The summed E-state index contributed by atoms with van der Waals surface area (Å²) in [6.07, 6.45) is 26.3. The molecule has 0 aromatic rings. The van der Waals surface area contributed by atoms with Gasteiger partial charge in [0.1, 0.15) is 0 Å². The molecule has 0 heterocycles. The highest BCUT2D eigenvalue weighted by atomic mass is 16.5. The maximum absolute atomic E-state index is 9.34. The largest absolute Gasteiger partial charge is 0.484 e. The molecule has 0 amide bonds. The highest BCUT2D eigenvalue weighted by Crippen LogP contribution is 2.13. The predicted octanol–water partition coefficient (Wildman–Crippen LogP) is 7.73. The molecule has 0 rings (SSSR count). The van der Waals surface area contributed by atoms with Crippen molar-refractivity contribution in [3.8, 4) is 0 Å². The number of aliphatic hydroxyl groups excluding tert-OH is 1. The number of ether oxygens (including phenoxy) is 1. The lowest BCUT2D eigenvalue weighted by molar-refractivity contribution is 0.190. The van der Waals surface area contributed by atoms with Crippen LogP contribution in [0.4, 0.5) is 0 Å². The fourth-order valence-corrected chi connectivity index (χ4v) is 4.26. The maximum atomic E-state index is 9.34. The van der Waals surface area contributed by atoms with Crippen LogP contribution in [0, 0.1) is 5.41 Å². The van der Waals surface area contributed by atoms with E-state index in [-0.39, 0.29) is 0 Å². The summed E-state index contributed by atoms with van der Waals surface area (Å²) in [5.41, 5.74) is 0. The second kappa shape index (κ2) is 25.6. The topological polar surface area (TPSA) is 56.5 Å². The van der Waals surface area contributed by atoms with E-state index in [9.17, 15) is 5.11 Å². The van der Waals surface area contributed by atoms with Crippen molar-refractivity contribution < 1.29 is 9.84 Å². The molecule has 0 spiro atoms. The standard InChI is InChI=1S/C27H56N2O2/c1-3-4-5-6-7-8-11-14-17-20-23-29(25-26-30)24-21-18-15-12-9-10-13-16-19-22-27(28)31-2/h28,30H,3-26H2,1-2H3. The number of nitrogens with zero attached hydrogens (tertiary/aromatic N) is 1. The third-order valence-electron chi connectivity index (χ3n) is 6.37. The fourth-order valence-electron chi connectivity index (χ4n) is 4.26. The van der Waals surface area contributed by atoms with E-state index in [4.69, 9.17) is 10.1 Å². The van der Waals surface area contributed by atoms with Gasteiger partial charge in [-0.05, 0) is 32.4 Å². The highest BCUT2D eigenvalue weighted by molar-refractivity contribution is 5.72. The summed E-state index contributed by atoms with van der Waals surface area (Å²) < 4.78 is 4.89. The fraction of sp³-hybridized carbons (Fsp3) is 0.963. The number of nitrogens with one attached hydrogen (secondary N) is 1. The summed E-state index contributed by atoms with van der Waals surface area (Å²) in [4.78, 5) is 2.47. The SMILES string of the molecule is CCCCCCCCCCCCN(CCO)CCCCCCCCCCCC(=N)OC. The number of rotatable bonds is 25. The molecule has 0 fully saturated rings. The van der Waals surface area contributed by atoms with E-state index in [1.165, 1.54) is 116 Å². The van der Waals surface area contributed by atoms with Crippen LogP contribution in [-0.2, 0) is 4.74 Å². The lowest BCUT2D eigenvalue weighted by atomic mass is 10.1. The van der Waals surface area contributed by atoms with Crippen molar-refractivity contribution in [1.82, 2.24) is 4.90 Å². The first-order chi connectivity index (χ1) is 15.2. The van der Waals surface area contributed by atoms with Crippen LogP contribution < -0.4 is 0 Å². The first kappa shape index (κ1) is 30.4. The Bertz CT molecular complexity index is 363. The Labute approximate surface area is 195 Å². The van der Waals surface area contributed by atoms with Gasteiger partial charge in [0.2, 0.25) is 0 Å². The Morgan fingerprint density at radius 1 is 0.613 bits per heavy atom. The summed E-state index contributed by atoms with van der Waals surface area (Å²) in [6, 6.07) is 0. The van der Waals surface area contributed by atoms with Gasteiger partial charge in [0.25, 0.3) is 0 Å². The lowest BCUT2D eigenvalue weighted by Crippen LogP contribution is -2.29. The van der Waals surface area contributed by atoms with E-state index in [2.05, 4.69) is 11.8 Å². The quantitative estimate of drug-likeness (QED) is 0.0867. The normalized spacial score (nSPS) is 11.4. The molecule has 0 unspecified atom stereocenters. The molecule has 0 aromatic carbocycles.